The van der Waals surface area contributed by atoms with E-state index in [1.165, 1.54) is 38.5 Å². The summed E-state index contributed by atoms with van der Waals surface area (Å²) in [6, 6.07) is 5.56. The largest absolute Gasteiger partial charge is 0.310 e. The predicted octanol–water partition coefficient (Wildman–Crippen LogP) is 2.58. The Bertz CT molecular complexity index is 493. The first-order valence-electron chi connectivity index (χ1n) is 8.17. The Morgan fingerprint density at radius 2 is 1.81 bits per heavy atom. The summed E-state index contributed by atoms with van der Waals surface area (Å²) in [5, 5.41) is 6.47. The summed E-state index contributed by atoms with van der Waals surface area (Å²) in [6.45, 7) is 0.405. The number of amides is 1. The molecule has 0 saturated heterocycles. The minimum atomic E-state index is 0.0180. The lowest BCUT2D eigenvalue weighted by atomic mass is 9.53. The second-order valence-electron chi connectivity index (χ2n) is 7.31. The number of rotatable bonds is 4. The molecule has 21 heavy (non-hydrogen) atoms. The molecular formula is C17H23N3O. The van der Waals surface area contributed by atoms with Crippen LogP contribution in [0.5, 0.6) is 0 Å². The third-order valence-electron chi connectivity index (χ3n) is 5.59. The van der Waals surface area contributed by atoms with Gasteiger partial charge in [0.05, 0.1) is 6.54 Å². The van der Waals surface area contributed by atoms with E-state index in [-0.39, 0.29) is 11.4 Å². The number of anilines is 1. The monoisotopic (exact) mass is 285 g/mol. The summed E-state index contributed by atoms with van der Waals surface area (Å²) < 4.78 is 0. The van der Waals surface area contributed by atoms with Crippen LogP contribution in [0.2, 0.25) is 0 Å². The molecule has 4 saturated carbocycles. The molecule has 4 bridgehead atoms. The molecule has 2 N–H and O–H groups in total. The van der Waals surface area contributed by atoms with Crippen molar-refractivity contribution in [1.29, 1.82) is 0 Å². The Morgan fingerprint density at radius 3 is 2.38 bits per heavy atom. The van der Waals surface area contributed by atoms with E-state index >= 15 is 0 Å². The SMILES string of the molecule is O=C(CNC12CC3CC(CC(C3)C1)C2)Nc1ccccn1. The fourth-order valence-corrected chi connectivity index (χ4v) is 5.22. The first-order valence-corrected chi connectivity index (χ1v) is 8.17. The first kappa shape index (κ1) is 13.3. The summed E-state index contributed by atoms with van der Waals surface area (Å²) in [5.74, 6) is 3.37. The lowest BCUT2D eigenvalue weighted by Gasteiger charge is -2.57. The molecule has 0 unspecified atom stereocenters. The standard InChI is InChI=1S/C17H23N3O/c21-16(20-15-3-1-2-4-18-15)11-19-17-8-12-5-13(9-17)7-14(6-12)10-17/h1-4,12-14,19H,5-11H2,(H,18,20,21). The molecule has 1 heterocycles. The lowest BCUT2D eigenvalue weighted by Crippen LogP contribution is -2.59. The molecule has 1 amide bonds. The third-order valence-corrected chi connectivity index (χ3v) is 5.59. The van der Waals surface area contributed by atoms with Gasteiger partial charge in [0.25, 0.3) is 0 Å². The summed E-state index contributed by atoms with van der Waals surface area (Å²) in [4.78, 5) is 16.2. The van der Waals surface area contributed by atoms with Crippen LogP contribution in [0.25, 0.3) is 0 Å². The number of carbonyl (C=O) groups is 1. The zero-order chi connectivity index (χ0) is 14.3. The van der Waals surface area contributed by atoms with Crippen LogP contribution >= 0.6 is 0 Å². The van der Waals surface area contributed by atoms with Gasteiger partial charge in [0.2, 0.25) is 5.91 Å². The fraction of sp³-hybridized carbons (Fsp3) is 0.647. The smallest absolute Gasteiger partial charge is 0.239 e. The molecule has 0 aromatic carbocycles. The second-order valence-corrected chi connectivity index (χ2v) is 7.31. The summed E-state index contributed by atoms with van der Waals surface area (Å²) in [7, 11) is 0. The number of nitrogens with zero attached hydrogens (tertiary/aromatic N) is 1. The zero-order valence-electron chi connectivity index (χ0n) is 12.3. The van der Waals surface area contributed by atoms with E-state index in [1.54, 1.807) is 6.20 Å². The molecule has 4 aliphatic rings. The minimum absolute atomic E-state index is 0.0180. The molecule has 0 radical (unpaired) electrons. The van der Waals surface area contributed by atoms with Gasteiger partial charge >= 0.3 is 0 Å². The molecule has 112 valence electrons. The second kappa shape index (κ2) is 5.09. The van der Waals surface area contributed by atoms with Gasteiger partial charge in [-0.2, -0.15) is 0 Å². The van der Waals surface area contributed by atoms with Crippen molar-refractivity contribution in [3.05, 3.63) is 24.4 Å². The van der Waals surface area contributed by atoms with Gasteiger partial charge in [-0.05, 0) is 68.4 Å². The van der Waals surface area contributed by atoms with Crippen molar-refractivity contribution in [2.45, 2.75) is 44.1 Å². The lowest BCUT2D eigenvalue weighted by molar-refractivity contribution is -0.116. The summed E-state index contributed by atoms with van der Waals surface area (Å²) >= 11 is 0. The number of carbonyl (C=O) groups excluding carboxylic acids is 1. The highest BCUT2D eigenvalue weighted by Crippen LogP contribution is 2.55. The van der Waals surface area contributed by atoms with Crippen LogP contribution < -0.4 is 10.6 Å². The van der Waals surface area contributed by atoms with Gasteiger partial charge in [-0.3, -0.25) is 4.79 Å². The highest BCUT2D eigenvalue weighted by atomic mass is 16.2. The van der Waals surface area contributed by atoms with Crippen molar-refractivity contribution in [2.24, 2.45) is 17.8 Å². The van der Waals surface area contributed by atoms with Crippen molar-refractivity contribution in [2.75, 3.05) is 11.9 Å². The molecule has 0 atom stereocenters. The number of aromatic nitrogens is 1. The molecule has 5 rings (SSSR count). The summed E-state index contributed by atoms with van der Waals surface area (Å²) in [5.41, 5.74) is 0.246. The molecule has 1 aromatic rings. The number of pyridine rings is 1. The maximum Gasteiger partial charge on any atom is 0.239 e. The van der Waals surface area contributed by atoms with Gasteiger partial charge in [-0.1, -0.05) is 6.07 Å². The number of hydrogen-bond donors (Lipinski definition) is 2. The van der Waals surface area contributed by atoms with Crippen molar-refractivity contribution in [1.82, 2.24) is 10.3 Å². The van der Waals surface area contributed by atoms with E-state index in [1.807, 2.05) is 18.2 Å². The number of nitrogens with one attached hydrogen (secondary N) is 2. The van der Waals surface area contributed by atoms with Crippen molar-refractivity contribution < 1.29 is 4.79 Å². The molecule has 0 spiro atoms. The average molecular weight is 285 g/mol. The van der Waals surface area contributed by atoms with Gasteiger partial charge in [0.1, 0.15) is 5.82 Å². The van der Waals surface area contributed by atoms with Crippen molar-refractivity contribution in [3.8, 4) is 0 Å². The Kier molecular flexibility index (Phi) is 3.21. The molecular weight excluding hydrogens is 262 g/mol. The van der Waals surface area contributed by atoms with Gasteiger partial charge in [-0.25, -0.2) is 4.98 Å². The average Bonchev–Trinajstić information content (AvgIpc) is 2.45. The van der Waals surface area contributed by atoms with Gasteiger partial charge < -0.3 is 10.6 Å². The maximum atomic E-state index is 12.1. The molecule has 4 nitrogen and oxygen atoms in total. The fourth-order valence-electron chi connectivity index (χ4n) is 5.22. The van der Waals surface area contributed by atoms with Crippen LogP contribution in [0.3, 0.4) is 0 Å². The normalized spacial score (nSPS) is 36.7. The number of hydrogen-bond acceptors (Lipinski definition) is 3. The van der Waals surface area contributed by atoms with Crippen LogP contribution in [0, 0.1) is 17.8 Å². The van der Waals surface area contributed by atoms with Crippen LogP contribution in [-0.2, 0) is 4.79 Å². The minimum Gasteiger partial charge on any atom is -0.310 e. The van der Waals surface area contributed by atoms with Gasteiger partial charge in [-0.15, -0.1) is 0 Å². The molecule has 0 aliphatic heterocycles. The Morgan fingerprint density at radius 1 is 1.14 bits per heavy atom. The van der Waals surface area contributed by atoms with Crippen molar-refractivity contribution >= 4 is 11.7 Å². The van der Waals surface area contributed by atoms with E-state index in [0.29, 0.717) is 12.4 Å². The molecule has 4 fully saturated rings. The Hall–Kier alpha value is -1.42. The van der Waals surface area contributed by atoms with Gasteiger partial charge in [0, 0.05) is 11.7 Å². The molecule has 1 aromatic heterocycles. The zero-order valence-corrected chi connectivity index (χ0v) is 12.3. The van der Waals surface area contributed by atoms with Crippen molar-refractivity contribution in [3.63, 3.8) is 0 Å². The van der Waals surface area contributed by atoms with Crippen LogP contribution in [0.4, 0.5) is 5.82 Å². The van der Waals surface area contributed by atoms with E-state index in [9.17, 15) is 4.79 Å². The third kappa shape index (κ3) is 2.69. The topological polar surface area (TPSA) is 54.0 Å². The van der Waals surface area contributed by atoms with E-state index < -0.39 is 0 Å². The quantitative estimate of drug-likeness (QED) is 0.894. The molecule has 4 heteroatoms. The van der Waals surface area contributed by atoms with E-state index in [2.05, 4.69) is 15.6 Å². The summed E-state index contributed by atoms with van der Waals surface area (Å²) in [6.07, 6.45) is 9.81. The highest BCUT2D eigenvalue weighted by Gasteiger charge is 2.50. The highest BCUT2D eigenvalue weighted by molar-refractivity contribution is 5.91. The van der Waals surface area contributed by atoms with Crippen LogP contribution in [0.15, 0.2) is 24.4 Å². The predicted molar refractivity (Wildman–Crippen MR) is 81.8 cm³/mol. The van der Waals surface area contributed by atoms with Crippen LogP contribution in [-0.4, -0.2) is 23.0 Å². The Labute approximate surface area is 125 Å². The van der Waals surface area contributed by atoms with E-state index in [4.69, 9.17) is 0 Å². The van der Waals surface area contributed by atoms with Crippen LogP contribution in [0.1, 0.15) is 38.5 Å². The maximum absolute atomic E-state index is 12.1. The van der Waals surface area contributed by atoms with Gasteiger partial charge in [0.15, 0.2) is 0 Å². The molecule has 4 aliphatic carbocycles. The first-order chi connectivity index (χ1) is 10.2. The Balaban J connectivity index is 1.35. The van der Waals surface area contributed by atoms with E-state index in [0.717, 1.165) is 17.8 Å².